The highest BCUT2D eigenvalue weighted by molar-refractivity contribution is 6.04. The monoisotopic (exact) mass is 271 g/mol. The van der Waals surface area contributed by atoms with Crippen molar-refractivity contribution in [1.82, 2.24) is 4.98 Å². The van der Waals surface area contributed by atoms with Crippen LogP contribution in [0.25, 0.3) is 22.2 Å². The number of hydrogen-bond donors (Lipinski definition) is 1. The molecule has 0 saturated heterocycles. The SMILES string of the molecule is Cc1cc(F)c2[nH]c(-c3ccccc3F)c(C=O)c2c1. The van der Waals surface area contributed by atoms with E-state index in [1.54, 1.807) is 31.2 Å². The lowest BCUT2D eigenvalue weighted by atomic mass is 10.0. The van der Waals surface area contributed by atoms with Gasteiger partial charge in [0.05, 0.1) is 11.2 Å². The van der Waals surface area contributed by atoms with Crippen LogP contribution in [0.4, 0.5) is 8.78 Å². The van der Waals surface area contributed by atoms with Gasteiger partial charge in [0.25, 0.3) is 0 Å². The molecule has 0 fully saturated rings. The average Bonchev–Trinajstić information content (AvgIpc) is 2.77. The van der Waals surface area contributed by atoms with E-state index < -0.39 is 11.6 Å². The number of halogens is 2. The Labute approximate surface area is 114 Å². The van der Waals surface area contributed by atoms with Crippen LogP contribution in [-0.2, 0) is 0 Å². The first-order valence-electron chi connectivity index (χ1n) is 6.13. The molecule has 0 amide bonds. The number of fused-ring (bicyclic) bond motifs is 1. The second kappa shape index (κ2) is 4.56. The number of carbonyl (C=O) groups excluding carboxylic acids is 1. The van der Waals surface area contributed by atoms with Gasteiger partial charge in [-0.1, -0.05) is 12.1 Å². The Bertz CT molecular complexity index is 821. The molecule has 1 heterocycles. The number of aryl methyl sites for hydroxylation is 1. The first kappa shape index (κ1) is 12.5. The van der Waals surface area contributed by atoms with Crippen LogP contribution in [0.3, 0.4) is 0 Å². The molecule has 0 aliphatic carbocycles. The zero-order chi connectivity index (χ0) is 14.3. The zero-order valence-corrected chi connectivity index (χ0v) is 10.7. The Balaban J connectivity index is 2.40. The highest BCUT2D eigenvalue weighted by atomic mass is 19.1. The molecule has 0 unspecified atom stereocenters. The molecule has 20 heavy (non-hydrogen) atoms. The number of aromatic amines is 1. The van der Waals surface area contributed by atoms with E-state index in [0.717, 1.165) is 0 Å². The van der Waals surface area contributed by atoms with Gasteiger partial charge in [0.15, 0.2) is 6.29 Å². The number of rotatable bonds is 2. The van der Waals surface area contributed by atoms with Crippen LogP contribution in [0.1, 0.15) is 15.9 Å². The quantitative estimate of drug-likeness (QED) is 0.695. The second-order valence-electron chi connectivity index (χ2n) is 4.68. The van der Waals surface area contributed by atoms with Crippen molar-refractivity contribution >= 4 is 17.2 Å². The minimum absolute atomic E-state index is 0.218. The first-order chi connectivity index (χ1) is 9.61. The fraction of sp³-hybridized carbons (Fsp3) is 0.0625. The maximum absolute atomic E-state index is 14.0. The average molecular weight is 271 g/mol. The second-order valence-corrected chi connectivity index (χ2v) is 4.68. The summed E-state index contributed by atoms with van der Waals surface area (Å²) in [6.07, 6.45) is 0.624. The summed E-state index contributed by atoms with van der Waals surface area (Å²) in [6.45, 7) is 1.74. The number of H-pyrrole nitrogens is 1. The number of aldehydes is 1. The Morgan fingerprint density at radius 3 is 2.55 bits per heavy atom. The molecule has 0 aliphatic rings. The zero-order valence-electron chi connectivity index (χ0n) is 10.7. The van der Waals surface area contributed by atoms with Crippen LogP contribution in [0, 0.1) is 18.6 Å². The molecule has 0 saturated carbocycles. The summed E-state index contributed by atoms with van der Waals surface area (Å²) in [7, 11) is 0. The summed E-state index contributed by atoms with van der Waals surface area (Å²) in [5.41, 5.74) is 1.75. The predicted octanol–water partition coefficient (Wildman–Crippen LogP) is 4.23. The van der Waals surface area contributed by atoms with E-state index >= 15 is 0 Å². The number of carbonyl (C=O) groups is 1. The molecular formula is C16H11F2NO. The fourth-order valence-corrected chi connectivity index (χ4v) is 2.41. The number of aromatic nitrogens is 1. The van der Waals surface area contributed by atoms with Gasteiger partial charge in [-0.3, -0.25) is 4.79 Å². The van der Waals surface area contributed by atoms with Crippen molar-refractivity contribution in [2.45, 2.75) is 6.92 Å². The van der Waals surface area contributed by atoms with E-state index in [4.69, 9.17) is 0 Å². The molecular weight excluding hydrogens is 260 g/mol. The number of hydrogen-bond acceptors (Lipinski definition) is 1. The Morgan fingerprint density at radius 1 is 1.10 bits per heavy atom. The van der Waals surface area contributed by atoms with E-state index in [-0.39, 0.29) is 16.6 Å². The van der Waals surface area contributed by atoms with Crippen molar-refractivity contribution in [3.05, 3.63) is 59.2 Å². The molecule has 0 aliphatic heterocycles. The highest BCUT2D eigenvalue weighted by Gasteiger charge is 2.17. The molecule has 0 radical (unpaired) electrons. The minimum atomic E-state index is -0.459. The summed E-state index contributed by atoms with van der Waals surface area (Å²) in [5, 5.41) is 0.468. The van der Waals surface area contributed by atoms with Gasteiger partial charge in [-0.2, -0.15) is 0 Å². The van der Waals surface area contributed by atoms with Crippen molar-refractivity contribution in [2.24, 2.45) is 0 Å². The van der Waals surface area contributed by atoms with E-state index in [1.807, 2.05) is 0 Å². The smallest absolute Gasteiger partial charge is 0.152 e. The van der Waals surface area contributed by atoms with Gasteiger partial charge in [-0.15, -0.1) is 0 Å². The van der Waals surface area contributed by atoms with Gasteiger partial charge in [0, 0.05) is 16.5 Å². The molecule has 3 rings (SSSR count). The summed E-state index contributed by atoms with van der Waals surface area (Å²) >= 11 is 0. The summed E-state index contributed by atoms with van der Waals surface area (Å²) in [4.78, 5) is 14.2. The van der Waals surface area contributed by atoms with E-state index in [0.29, 0.717) is 22.9 Å². The van der Waals surface area contributed by atoms with Gasteiger partial charge in [-0.25, -0.2) is 8.78 Å². The lowest BCUT2D eigenvalue weighted by Gasteiger charge is -2.01. The van der Waals surface area contributed by atoms with Crippen molar-refractivity contribution in [3.8, 4) is 11.3 Å². The van der Waals surface area contributed by atoms with Gasteiger partial charge >= 0.3 is 0 Å². The molecule has 4 heteroatoms. The minimum Gasteiger partial charge on any atom is -0.351 e. The Morgan fingerprint density at radius 2 is 1.85 bits per heavy atom. The number of nitrogens with one attached hydrogen (secondary N) is 1. The lowest BCUT2D eigenvalue weighted by molar-refractivity contribution is 0.112. The summed E-state index contributed by atoms with van der Waals surface area (Å²) in [6, 6.07) is 9.17. The van der Waals surface area contributed by atoms with Gasteiger partial charge in [0.1, 0.15) is 11.6 Å². The van der Waals surface area contributed by atoms with Crippen LogP contribution in [-0.4, -0.2) is 11.3 Å². The van der Waals surface area contributed by atoms with Crippen molar-refractivity contribution in [1.29, 1.82) is 0 Å². The molecule has 2 nitrogen and oxygen atoms in total. The third-order valence-corrected chi connectivity index (χ3v) is 3.31. The third-order valence-electron chi connectivity index (χ3n) is 3.31. The molecule has 1 N–H and O–H groups in total. The third kappa shape index (κ3) is 1.81. The van der Waals surface area contributed by atoms with Crippen molar-refractivity contribution in [3.63, 3.8) is 0 Å². The van der Waals surface area contributed by atoms with E-state index in [9.17, 15) is 13.6 Å². The maximum Gasteiger partial charge on any atom is 0.152 e. The topological polar surface area (TPSA) is 32.9 Å². The van der Waals surface area contributed by atoms with Crippen LogP contribution in [0.15, 0.2) is 36.4 Å². The predicted molar refractivity (Wildman–Crippen MR) is 73.8 cm³/mol. The van der Waals surface area contributed by atoms with Gasteiger partial charge in [0.2, 0.25) is 0 Å². The normalized spacial score (nSPS) is 10.9. The van der Waals surface area contributed by atoms with Crippen LogP contribution >= 0.6 is 0 Å². The molecule has 2 aromatic carbocycles. The fourth-order valence-electron chi connectivity index (χ4n) is 2.41. The van der Waals surface area contributed by atoms with Crippen LogP contribution in [0.5, 0.6) is 0 Å². The Hall–Kier alpha value is -2.49. The summed E-state index contributed by atoms with van der Waals surface area (Å²) < 4.78 is 27.8. The number of benzene rings is 2. The molecule has 3 aromatic rings. The van der Waals surface area contributed by atoms with Crippen molar-refractivity contribution < 1.29 is 13.6 Å². The lowest BCUT2D eigenvalue weighted by Crippen LogP contribution is -1.88. The molecule has 100 valence electrons. The summed E-state index contributed by atoms with van der Waals surface area (Å²) in [5.74, 6) is -0.912. The van der Waals surface area contributed by atoms with Crippen LogP contribution < -0.4 is 0 Å². The first-order valence-corrected chi connectivity index (χ1v) is 6.13. The van der Waals surface area contributed by atoms with Crippen LogP contribution in [0.2, 0.25) is 0 Å². The molecule has 1 aromatic heterocycles. The molecule has 0 spiro atoms. The molecule has 0 bridgehead atoms. The van der Waals surface area contributed by atoms with Gasteiger partial charge < -0.3 is 4.98 Å². The highest BCUT2D eigenvalue weighted by Crippen LogP contribution is 2.32. The van der Waals surface area contributed by atoms with Gasteiger partial charge in [-0.05, 0) is 36.8 Å². The Kier molecular flexibility index (Phi) is 2.86. The van der Waals surface area contributed by atoms with Crippen molar-refractivity contribution in [2.75, 3.05) is 0 Å². The maximum atomic E-state index is 14.0. The van der Waals surface area contributed by atoms with E-state index in [1.165, 1.54) is 12.1 Å². The standard InChI is InChI=1S/C16H11F2NO/c1-9-6-11-12(8-20)15(19-16(11)14(18)7-9)10-4-2-3-5-13(10)17/h2-8,19H,1H3. The van der Waals surface area contributed by atoms with E-state index in [2.05, 4.69) is 4.98 Å². The molecule has 0 atom stereocenters. The largest absolute Gasteiger partial charge is 0.351 e.